The molecule has 1 rings (SSSR count). The van der Waals surface area contributed by atoms with Crippen LogP contribution in [-0.4, -0.2) is 71.5 Å². The molecule has 0 aromatic heterocycles. The van der Waals surface area contributed by atoms with E-state index in [0.717, 1.165) is 0 Å². The highest BCUT2D eigenvalue weighted by molar-refractivity contribution is 5.92. The van der Waals surface area contributed by atoms with E-state index >= 15 is 0 Å². The lowest BCUT2D eigenvalue weighted by Crippen LogP contribution is -2.54. The van der Waals surface area contributed by atoms with Gasteiger partial charge in [0, 0.05) is 6.54 Å². The van der Waals surface area contributed by atoms with Gasteiger partial charge in [0.15, 0.2) is 0 Å². The largest absolute Gasteiger partial charge is 0.480 e. The zero-order chi connectivity index (χ0) is 21.3. The fourth-order valence-electron chi connectivity index (χ4n) is 3.04. The standard InChI is InChI=1S/C18H33N5O5/c1-11(2)15(20)17(26)22-12(6-3-4-8-19)16(25)21-10-14(24)23-9-5-7-13(23)18(27)28/h11-13,15H,3-10,19-20H2,1-2H3,(H,21,25)(H,22,26)(H,27,28)/t12-,13-,15-/m0/s1. The Morgan fingerprint density at radius 3 is 2.43 bits per heavy atom. The summed E-state index contributed by atoms with van der Waals surface area (Å²) in [5.74, 6) is -2.52. The molecule has 0 saturated carbocycles. The normalized spacial score (nSPS) is 18.6. The predicted octanol–water partition coefficient (Wildman–Crippen LogP) is -1.22. The summed E-state index contributed by atoms with van der Waals surface area (Å²) < 4.78 is 0. The first-order valence-electron chi connectivity index (χ1n) is 9.75. The molecule has 0 aromatic carbocycles. The van der Waals surface area contributed by atoms with Crippen LogP contribution < -0.4 is 22.1 Å². The number of aliphatic carboxylic acids is 1. The zero-order valence-electron chi connectivity index (χ0n) is 16.6. The van der Waals surface area contributed by atoms with Crippen LogP contribution in [-0.2, 0) is 19.2 Å². The minimum atomic E-state index is -1.05. The van der Waals surface area contributed by atoms with Crippen LogP contribution in [0.3, 0.4) is 0 Å². The van der Waals surface area contributed by atoms with Crippen LogP contribution >= 0.6 is 0 Å². The van der Waals surface area contributed by atoms with E-state index in [0.29, 0.717) is 45.2 Å². The van der Waals surface area contributed by atoms with Gasteiger partial charge < -0.3 is 32.1 Å². The van der Waals surface area contributed by atoms with Crippen molar-refractivity contribution in [2.75, 3.05) is 19.6 Å². The first kappa shape index (κ1) is 23.8. The van der Waals surface area contributed by atoms with Crippen LogP contribution in [0.25, 0.3) is 0 Å². The van der Waals surface area contributed by atoms with Crippen LogP contribution in [0.1, 0.15) is 46.0 Å². The fraction of sp³-hybridized carbons (Fsp3) is 0.778. The number of carbonyl (C=O) groups is 4. The quantitative estimate of drug-likeness (QED) is 0.271. The Morgan fingerprint density at radius 2 is 1.86 bits per heavy atom. The Labute approximate surface area is 165 Å². The van der Waals surface area contributed by atoms with Crippen LogP contribution in [0, 0.1) is 5.92 Å². The summed E-state index contributed by atoms with van der Waals surface area (Å²) in [4.78, 5) is 49.5. The van der Waals surface area contributed by atoms with Gasteiger partial charge in [-0.3, -0.25) is 14.4 Å². The minimum absolute atomic E-state index is 0.0857. The van der Waals surface area contributed by atoms with E-state index in [9.17, 15) is 19.2 Å². The number of carbonyl (C=O) groups excluding carboxylic acids is 3. The highest BCUT2D eigenvalue weighted by atomic mass is 16.4. The first-order chi connectivity index (χ1) is 13.2. The third-order valence-electron chi connectivity index (χ3n) is 4.87. The molecule has 28 heavy (non-hydrogen) atoms. The Kier molecular flexibility index (Phi) is 9.88. The van der Waals surface area contributed by atoms with Crippen molar-refractivity contribution in [3.8, 4) is 0 Å². The third kappa shape index (κ3) is 7.08. The van der Waals surface area contributed by atoms with Crippen LogP contribution in [0.2, 0.25) is 0 Å². The van der Waals surface area contributed by atoms with Gasteiger partial charge >= 0.3 is 5.97 Å². The molecule has 1 aliphatic rings. The second kappa shape index (κ2) is 11.6. The molecule has 1 heterocycles. The lowest BCUT2D eigenvalue weighted by atomic mass is 10.0. The number of nitrogens with zero attached hydrogens (tertiary/aromatic N) is 1. The van der Waals surface area contributed by atoms with Crippen molar-refractivity contribution in [3.63, 3.8) is 0 Å². The summed E-state index contributed by atoms with van der Waals surface area (Å²) in [6.07, 6.45) is 2.71. The Hall–Kier alpha value is -2.20. The van der Waals surface area contributed by atoms with Crippen LogP contribution in [0.15, 0.2) is 0 Å². The lowest BCUT2D eigenvalue weighted by Gasteiger charge is -2.24. The summed E-state index contributed by atoms with van der Waals surface area (Å²) in [5.41, 5.74) is 11.3. The molecule has 0 spiro atoms. The Morgan fingerprint density at radius 1 is 1.18 bits per heavy atom. The van der Waals surface area contributed by atoms with E-state index in [-0.39, 0.29) is 12.5 Å². The fourth-order valence-corrected chi connectivity index (χ4v) is 3.04. The van der Waals surface area contributed by atoms with Gasteiger partial charge in [0.2, 0.25) is 17.7 Å². The second-order valence-electron chi connectivity index (χ2n) is 7.42. The van der Waals surface area contributed by atoms with E-state index in [4.69, 9.17) is 16.6 Å². The number of amides is 3. The Bertz CT molecular complexity index is 569. The topological polar surface area (TPSA) is 168 Å². The number of nitrogens with one attached hydrogen (secondary N) is 2. The van der Waals surface area contributed by atoms with E-state index in [1.807, 2.05) is 0 Å². The van der Waals surface area contributed by atoms with Gasteiger partial charge in [-0.1, -0.05) is 13.8 Å². The van der Waals surface area contributed by atoms with Gasteiger partial charge in [0.1, 0.15) is 12.1 Å². The van der Waals surface area contributed by atoms with Crippen molar-refractivity contribution in [1.82, 2.24) is 15.5 Å². The first-order valence-corrected chi connectivity index (χ1v) is 9.75. The second-order valence-corrected chi connectivity index (χ2v) is 7.42. The molecule has 1 saturated heterocycles. The number of carboxylic acids is 1. The summed E-state index contributed by atoms with van der Waals surface area (Å²) in [6, 6.07) is -2.42. The van der Waals surface area contributed by atoms with E-state index in [1.54, 1.807) is 13.8 Å². The molecule has 0 aromatic rings. The van der Waals surface area contributed by atoms with E-state index in [1.165, 1.54) is 4.90 Å². The molecule has 0 unspecified atom stereocenters. The van der Waals surface area contributed by atoms with Crippen molar-refractivity contribution >= 4 is 23.7 Å². The van der Waals surface area contributed by atoms with Gasteiger partial charge in [-0.25, -0.2) is 4.79 Å². The maximum Gasteiger partial charge on any atom is 0.326 e. The van der Waals surface area contributed by atoms with Gasteiger partial charge in [0.05, 0.1) is 12.6 Å². The molecule has 10 nitrogen and oxygen atoms in total. The smallest absolute Gasteiger partial charge is 0.326 e. The average molecular weight is 399 g/mol. The number of likely N-dealkylation sites (tertiary alicyclic amines) is 1. The number of hydrogen-bond donors (Lipinski definition) is 5. The van der Waals surface area contributed by atoms with E-state index in [2.05, 4.69) is 10.6 Å². The van der Waals surface area contributed by atoms with E-state index < -0.39 is 41.8 Å². The molecule has 7 N–H and O–H groups in total. The number of rotatable bonds is 11. The average Bonchev–Trinajstić information content (AvgIpc) is 3.14. The molecular weight excluding hydrogens is 366 g/mol. The molecule has 0 radical (unpaired) electrons. The molecule has 160 valence electrons. The van der Waals surface area contributed by atoms with Crippen LogP contribution in [0.5, 0.6) is 0 Å². The maximum atomic E-state index is 12.5. The summed E-state index contributed by atoms with van der Waals surface area (Å²) >= 11 is 0. The van der Waals surface area contributed by atoms with Crippen molar-refractivity contribution < 1.29 is 24.3 Å². The molecule has 3 amide bonds. The van der Waals surface area contributed by atoms with Gasteiger partial charge in [-0.2, -0.15) is 0 Å². The van der Waals surface area contributed by atoms with Crippen molar-refractivity contribution in [2.45, 2.75) is 64.1 Å². The maximum absolute atomic E-state index is 12.5. The minimum Gasteiger partial charge on any atom is -0.480 e. The summed E-state index contributed by atoms with van der Waals surface area (Å²) in [5, 5.41) is 14.3. The van der Waals surface area contributed by atoms with Gasteiger partial charge in [-0.15, -0.1) is 0 Å². The molecule has 1 aliphatic heterocycles. The number of hydrogen-bond acceptors (Lipinski definition) is 6. The Balaban J connectivity index is 2.65. The monoisotopic (exact) mass is 399 g/mol. The zero-order valence-corrected chi connectivity index (χ0v) is 16.6. The molecular formula is C18H33N5O5. The highest BCUT2D eigenvalue weighted by Crippen LogP contribution is 2.17. The van der Waals surface area contributed by atoms with Crippen molar-refractivity contribution in [2.24, 2.45) is 17.4 Å². The lowest BCUT2D eigenvalue weighted by molar-refractivity contribution is -0.148. The molecule has 0 aliphatic carbocycles. The number of carboxylic acid groups (broad SMARTS) is 1. The van der Waals surface area contributed by atoms with Gasteiger partial charge in [-0.05, 0) is 44.6 Å². The molecule has 0 bridgehead atoms. The highest BCUT2D eigenvalue weighted by Gasteiger charge is 2.34. The third-order valence-corrected chi connectivity index (χ3v) is 4.87. The molecule has 10 heteroatoms. The van der Waals surface area contributed by atoms with Crippen molar-refractivity contribution in [3.05, 3.63) is 0 Å². The number of nitrogens with two attached hydrogens (primary N) is 2. The predicted molar refractivity (Wildman–Crippen MR) is 103 cm³/mol. The van der Waals surface area contributed by atoms with Crippen LogP contribution in [0.4, 0.5) is 0 Å². The molecule has 1 fully saturated rings. The number of unbranched alkanes of at least 4 members (excludes halogenated alkanes) is 1. The SMILES string of the molecule is CC(C)[C@H](N)C(=O)N[C@@H](CCCCN)C(=O)NCC(=O)N1CCC[C@H]1C(=O)O. The summed E-state index contributed by atoms with van der Waals surface area (Å²) in [7, 11) is 0. The van der Waals surface area contributed by atoms with Gasteiger partial charge in [0.25, 0.3) is 0 Å². The van der Waals surface area contributed by atoms with Crippen molar-refractivity contribution in [1.29, 1.82) is 0 Å². The molecule has 3 atom stereocenters. The summed E-state index contributed by atoms with van der Waals surface area (Å²) in [6.45, 7) is 4.12.